The summed E-state index contributed by atoms with van der Waals surface area (Å²) in [5.41, 5.74) is 4.95. The van der Waals surface area contributed by atoms with E-state index in [1.54, 1.807) is 0 Å². The molecule has 0 atom stereocenters. The number of anilines is 1. The molecule has 0 unspecified atom stereocenters. The number of nitrogens with two attached hydrogens (primary N) is 1. The number of rotatable bonds is 2. The Morgan fingerprint density at radius 3 is 2.88 bits per heavy atom. The minimum Gasteiger partial charge on any atom is -0.376 e. The van der Waals surface area contributed by atoms with Crippen LogP contribution in [0.4, 0.5) is 5.82 Å². The summed E-state index contributed by atoms with van der Waals surface area (Å²) >= 11 is 0. The van der Waals surface area contributed by atoms with Crippen LogP contribution in [0.1, 0.15) is 36.8 Å². The summed E-state index contributed by atoms with van der Waals surface area (Å²) in [5, 5.41) is 0. The lowest BCUT2D eigenvalue weighted by atomic mass is 10.1. The zero-order chi connectivity index (χ0) is 11.2. The van der Waals surface area contributed by atoms with Crippen LogP contribution in [0.25, 0.3) is 0 Å². The lowest BCUT2D eigenvalue weighted by Crippen LogP contribution is -2.22. The molecule has 5 heteroatoms. The van der Waals surface area contributed by atoms with E-state index in [9.17, 15) is 0 Å². The summed E-state index contributed by atoms with van der Waals surface area (Å²) in [7, 11) is 0. The van der Waals surface area contributed by atoms with Gasteiger partial charge in [0.25, 0.3) is 0 Å². The Morgan fingerprint density at radius 1 is 1.38 bits per heavy atom. The Balaban J connectivity index is 2.09. The predicted molar refractivity (Wildman–Crippen MR) is 59.8 cm³/mol. The molecule has 86 valence electrons. The Bertz CT molecular complexity index is 411. The molecule has 1 aliphatic carbocycles. The number of aromatic nitrogens is 2. The zero-order valence-electron chi connectivity index (χ0n) is 9.42. The third-order valence-electron chi connectivity index (χ3n) is 3.50. The highest BCUT2D eigenvalue weighted by molar-refractivity contribution is 5.47. The molecular formula is C11H16N4O. The summed E-state index contributed by atoms with van der Waals surface area (Å²) < 4.78 is 5.40. The summed E-state index contributed by atoms with van der Waals surface area (Å²) in [4.78, 5) is 9.18. The Kier molecular flexibility index (Phi) is 2.12. The minimum absolute atomic E-state index is 0.179. The van der Waals surface area contributed by atoms with Gasteiger partial charge in [-0.05, 0) is 12.8 Å². The van der Waals surface area contributed by atoms with Crippen LogP contribution in [-0.2, 0) is 23.2 Å². The van der Waals surface area contributed by atoms with Crippen LogP contribution in [0.15, 0.2) is 0 Å². The molecule has 3 N–H and O–H groups in total. The van der Waals surface area contributed by atoms with E-state index >= 15 is 0 Å². The summed E-state index contributed by atoms with van der Waals surface area (Å²) in [5.74, 6) is 7.17. The van der Waals surface area contributed by atoms with Crippen LogP contribution in [0.3, 0.4) is 0 Å². The Morgan fingerprint density at radius 2 is 2.19 bits per heavy atom. The molecule has 2 aliphatic rings. The molecule has 5 nitrogen and oxygen atoms in total. The minimum atomic E-state index is 0.179. The van der Waals surface area contributed by atoms with Gasteiger partial charge in [0.1, 0.15) is 11.6 Å². The fourth-order valence-corrected chi connectivity index (χ4v) is 2.03. The van der Waals surface area contributed by atoms with Crippen molar-refractivity contribution in [1.82, 2.24) is 9.97 Å². The first-order valence-corrected chi connectivity index (χ1v) is 5.67. The highest BCUT2D eigenvalue weighted by Crippen LogP contribution is 2.46. The van der Waals surface area contributed by atoms with Crippen LogP contribution in [0.2, 0.25) is 0 Å². The van der Waals surface area contributed by atoms with Crippen molar-refractivity contribution in [2.75, 3.05) is 12.0 Å². The standard InChI is InChI=1S/C11H16N4O/c1-11(3-4-11)10-13-8-2-5-16-6-7(8)9(14-10)15-12/h2-6,12H2,1H3,(H,13,14,15). The molecule has 1 saturated carbocycles. The van der Waals surface area contributed by atoms with Gasteiger partial charge in [0, 0.05) is 17.4 Å². The van der Waals surface area contributed by atoms with Crippen LogP contribution in [0, 0.1) is 0 Å². The first kappa shape index (κ1) is 9.99. The first-order valence-electron chi connectivity index (χ1n) is 5.67. The van der Waals surface area contributed by atoms with E-state index in [1.165, 1.54) is 12.8 Å². The Labute approximate surface area is 94.4 Å². The molecule has 3 rings (SSSR count). The number of hydrogen-bond acceptors (Lipinski definition) is 5. The molecule has 1 aromatic heterocycles. The van der Waals surface area contributed by atoms with Crippen molar-refractivity contribution in [2.24, 2.45) is 5.84 Å². The van der Waals surface area contributed by atoms with Gasteiger partial charge < -0.3 is 10.2 Å². The normalized spacial score (nSPS) is 21.4. The van der Waals surface area contributed by atoms with Crippen molar-refractivity contribution in [3.8, 4) is 0 Å². The van der Waals surface area contributed by atoms with E-state index in [2.05, 4.69) is 22.3 Å². The summed E-state index contributed by atoms with van der Waals surface area (Å²) in [6.45, 7) is 3.50. The second-order valence-electron chi connectivity index (χ2n) is 4.83. The maximum atomic E-state index is 5.51. The molecule has 0 radical (unpaired) electrons. The second kappa shape index (κ2) is 3.40. The second-order valence-corrected chi connectivity index (χ2v) is 4.83. The lowest BCUT2D eigenvalue weighted by molar-refractivity contribution is 0.109. The molecule has 0 aromatic carbocycles. The van der Waals surface area contributed by atoms with Gasteiger partial charge in [0.2, 0.25) is 0 Å². The summed E-state index contributed by atoms with van der Waals surface area (Å²) in [6, 6.07) is 0. The van der Waals surface area contributed by atoms with Crippen molar-refractivity contribution in [1.29, 1.82) is 0 Å². The third-order valence-corrected chi connectivity index (χ3v) is 3.50. The molecule has 0 bridgehead atoms. The maximum absolute atomic E-state index is 5.51. The predicted octanol–water partition coefficient (Wildman–Crippen LogP) is 0.886. The number of ether oxygens (including phenoxy) is 1. The highest BCUT2D eigenvalue weighted by atomic mass is 16.5. The summed E-state index contributed by atoms with van der Waals surface area (Å²) in [6.07, 6.45) is 3.20. The van der Waals surface area contributed by atoms with Gasteiger partial charge in [-0.2, -0.15) is 0 Å². The maximum Gasteiger partial charge on any atom is 0.149 e. The SMILES string of the molecule is CC1(c2nc3c(c(NN)n2)COCC3)CC1. The number of nitrogens with zero attached hydrogens (tertiary/aromatic N) is 2. The molecule has 0 saturated heterocycles. The molecular weight excluding hydrogens is 204 g/mol. The molecule has 1 fully saturated rings. The van der Waals surface area contributed by atoms with E-state index in [-0.39, 0.29) is 5.41 Å². The van der Waals surface area contributed by atoms with E-state index in [0.29, 0.717) is 6.61 Å². The number of nitrogen functional groups attached to an aromatic ring is 1. The molecule has 0 amide bonds. The molecule has 1 aromatic rings. The van der Waals surface area contributed by atoms with Gasteiger partial charge in [0.15, 0.2) is 0 Å². The van der Waals surface area contributed by atoms with Crippen molar-refractivity contribution in [3.05, 3.63) is 17.1 Å². The number of hydrogen-bond donors (Lipinski definition) is 2. The van der Waals surface area contributed by atoms with Gasteiger partial charge in [-0.1, -0.05) is 6.92 Å². The smallest absolute Gasteiger partial charge is 0.149 e. The third kappa shape index (κ3) is 1.47. The van der Waals surface area contributed by atoms with Gasteiger partial charge in [-0.15, -0.1) is 0 Å². The van der Waals surface area contributed by atoms with E-state index in [4.69, 9.17) is 10.6 Å². The largest absolute Gasteiger partial charge is 0.376 e. The van der Waals surface area contributed by atoms with Gasteiger partial charge in [-0.3, -0.25) is 0 Å². The monoisotopic (exact) mass is 220 g/mol. The average molecular weight is 220 g/mol. The zero-order valence-corrected chi connectivity index (χ0v) is 9.42. The molecule has 1 aliphatic heterocycles. The van der Waals surface area contributed by atoms with E-state index < -0.39 is 0 Å². The number of hydrazine groups is 1. The molecule has 2 heterocycles. The number of fused-ring (bicyclic) bond motifs is 1. The van der Waals surface area contributed by atoms with Gasteiger partial charge in [-0.25, -0.2) is 15.8 Å². The van der Waals surface area contributed by atoms with Crippen molar-refractivity contribution in [2.45, 2.75) is 38.2 Å². The van der Waals surface area contributed by atoms with Crippen molar-refractivity contribution in [3.63, 3.8) is 0 Å². The Hall–Kier alpha value is -1.20. The van der Waals surface area contributed by atoms with E-state index in [1.807, 2.05) is 0 Å². The van der Waals surface area contributed by atoms with E-state index in [0.717, 1.165) is 35.9 Å². The topological polar surface area (TPSA) is 73.1 Å². The first-order chi connectivity index (χ1) is 7.73. The van der Waals surface area contributed by atoms with Crippen molar-refractivity contribution >= 4 is 5.82 Å². The molecule has 16 heavy (non-hydrogen) atoms. The van der Waals surface area contributed by atoms with Gasteiger partial charge >= 0.3 is 0 Å². The molecule has 0 spiro atoms. The average Bonchev–Trinajstić information content (AvgIpc) is 3.07. The van der Waals surface area contributed by atoms with Gasteiger partial charge in [0.05, 0.1) is 18.9 Å². The van der Waals surface area contributed by atoms with Crippen LogP contribution in [0.5, 0.6) is 0 Å². The number of nitrogens with one attached hydrogen (secondary N) is 1. The van der Waals surface area contributed by atoms with Crippen LogP contribution < -0.4 is 11.3 Å². The fraction of sp³-hybridized carbons (Fsp3) is 0.636. The van der Waals surface area contributed by atoms with Crippen LogP contribution >= 0.6 is 0 Å². The fourth-order valence-electron chi connectivity index (χ4n) is 2.03. The highest BCUT2D eigenvalue weighted by Gasteiger charge is 2.42. The quantitative estimate of drug-likeness (QED) is 0.572. The van der Waals surface area contributed by atoms with Crippen molar-refractivity contribution < 1.29 is 4.74 Å². The lowest BCUT2D eigenvalue weighted by Gasteiger charge is -2.20. The van der Waals surface area contributed by atoms with Crippen LogP contribution in [-0.4, -0.2) is 16.6 Å².